The van der Waals surface area contributed by atoms with Crippen LogP contribution in [0.4, 0.5) is 0 Å². The monoisotopic (exact) mass is 576 g/mol. The topological polar surface area (TPSA) is 64.9 Å². The summed E-state index contributed by atoms with van der Waals surface area (Å²) >= 11 is 0. The maximum atomic E-state index is 9.48. The van der Waals surface area contributed by atoms with Gasteiger partial charge in [0.05, 0.1) is 6.61 Å². The second-order valence-corrected chi connectivity index (χ2v) is 10.8. The summed E-state index contributed by atoms with van der Waals surface area (Å²) in [5.41, 5.74) is 9.16. The molecule has 0 fully saturated rings. The normalized spacial score (nSPS) is 14.3. The van der Waals surface area contributed by atoms with Crippen molar-refractivity contribution in [1.29, 1.82) is 0 Å². The van der Waals surface area contributed by atoms with Crippen molar-refractivity contribution in [3.8, 4) is 22.3 Å². The number of para-hydroxylation sites is 2. The molecule has 3 N–H and O–H groups in total. The van der Waals surface area contributed by atoms with Gasteiger partial charge in [-0.2, -0.15) is 0 Å². The number of hydrogen-bond acceptors (Lipinski definition) is 2. The Morgan fingerprint density at radius 2 is 1.32 bits per heavy atom. The first kappa shape index (κ1) is 29.1. The number of aliphatic hydroxyl groups excluding tert-OH is 1. The van der Waals surface area contributed by atoms with E-state index in [-0.39, 0.29) is 12.1 Å². The predicted molar refractivity (Wildman–Crippen MR) is 187 cm³/mol. The number of furan rings is 1. The molecule has 3 heteroatoms. The maximum Gasteiger partial charge on any atom is 0.143 e. The molecule has 0 amide bonds. The molecule has 6 aromatic carbocycles. The molecule has 0 radical (unpaired) electrons. The molecule has 3 nitrogen and oxygen atoms in total. The molecule has 0 saturated carbocycles. The highest BCUT2D eigenvalue weighted by Gasteiger charge is 2.26. The molecule has 7 aromatic rings. The number of hydrogen-bond donors (Lipinski definition) is 1. The summed E-state index contributed by atoms with van der Waals surface area (Å²) in [6.45, 7) is 4.06. The number of benzene rings is 6. The standard InChI is InChI=1S/C39H28O2.C2H6.H2O/c40-23-9-12-25-19-21-28(25)38-32-15-5-4-14-31(32)37(26-10-2-1-3-11-26)33-22-20-27(24-35(33)38)29-16-8-17-34-30-13-6-7-18-36(30)41-39(29)34;1-2;/h1-18,20-22,24-25,40H,19,23H2;1-2H3;1H2/b12-9-;;. The Kier molecular flexibility index (Phi) is 8.17. The number of allylic oxidation sites excluding steroid dienone is 3. The van der Waals surface area contributed by atoms with Crippen LogP contribution in [0.25, 0.3) is 71.3 Å². The Balaban J connectivity index is 0.00000112. The van der Waals surface area contributed by atoms with E-state index in [0.717, 1.165) is 39.5 Å². The van der Waals surface area contributed by atoms with Gasteiger partial charge in [0.15, 0.2) is 0 Å². The maximum absolute atomic E-state index is 9.48. The highest BCUT2D eigenvalue weighted by atomic mass is 16.3. The molecule has 0 aliphatic heterocycles. The van der Waals surface area contributed by atoms with E-state index >= 15 is 0 Å². The molecule has 44 heavy (non-hydrogen) atoms. The summed E-state index contributed by atoms with van der Waals surface area (Å²) in [6, 6.07) is 41.1. The summed E-state index contributed by atoms with van der Waals surface area (Å²) < 4.78 is 6.44. The van der Waals surface area contributed by atoms with Crippen LogP contribution >= 0.6 is 0 Å². The molecular weight excluding hydrogens is 540 g/mol. The van der Waals surface area contributed by atoms with Crippen LogP contribution in [-0.2, 0) is 0 Å². The van der Waals surface area contributed by atoms with Gasteiger partial charge in [-0.3, -0.25) is 0 Å². The molecule has 1 heterocycles. The van der Waals surface area contributed by atoms with E-state index < -0.39 is 0 Å². The second kappa shape index (κ2) is 12.3. The fourth-order valence-electron chi connectivity index (χ4n) is 6.61. The van der Waals surface area contributed by atoms with Gasteiger partial charge in [-0.25, -0.2) is 0 Å². The lowest BCUT2D eigenvalue weighted by Gasteiger charge is -2.28. The lowest BCUT2D eigenvalue weighted by Crippen LogP contribution is -2.10. The summed E-state index contributed by atoms with van der Waals surface area (Å²) in [4.78, 5) is 0. The van der Waals surface area contributed by atoms with Gasteiger partial charge in [-0.1, -0.05) is 135 Å². The third-order valence-corrected chi connectivity index (χ3v) is 8.56. The zero-order chi connectivity index (χ0) is 29.3. The lowest BCUT2D eigenvalue weighted by molar-refractivity contribution is 0.342. The first-order valence-corrected chi connectivity index (χ1v) is 15.2. The van der Waals surface area contributed by atoms with E-state index in [1.807, 2.05) is 32.1 Å². The summed E-state index contributed by atoms with van der Waals surface area (Å²) in [6.07, 6.45) is 7.36. The van der Waals surface area contributed by atoms with Gasteiger partial charge >= 0.3 is 0 Å². The average molecular weight is 577 g/mol. The van der Waals surface area contributed by atoms with E-state index in [0.29, 0.717) is 5.92 Å². The summed E-state index contributed by atoms with van der Waals surface area (Å²) in [5, 5.41) is 16.7. The molecular formula is C41H36O3. The van der Waals surface area contributed by atoms with Gasteiger partial charge in [-0.15, -0.1) is 0 Å². The van der Waals surface area contributed by atoms with E-state index in [4.69, 9.17) is 4.42 Å². The van der Waals surface area contributed by atoms with Crippen LogP contribution in [-0.4, -0.2) is 17.2 Å². The fourth-order valence-corrected chi connectivity index (χ4v) is 6.61. The Labute approximate surface area is 257 Å². The molecule has 218 valence electrons. The SMILES string of the molecule is CC.O.OC/C=C\C1CC=C1c1c2ccccc2c(-c2ccccc2)c2ccc(-c3cccc4c3oc3ccccc34)cc12. The van der Waals surface area contributed by atoms with Gasteiger partial charge < -0.3 is 15.0 Å². The van der Waals surface area contributed by atoms with Crippen molar-refractivity contribution in [2.75, 3.05) is 6.61 Å². The number of fused-ring (bicyclic) bond motifs is 5. The Morgan fingerprint density at radius 1 is 0.659 bits per heavy atom. The van der Waals surface area contributed by atoms with Crippen LogP contribution < -0.4 is 0 Å². The van der Waals surface area contributed by atoms with Crippen LogP contribution in [0.2, 0.25) is 0 Å². The number of aliphatic hydroxyl groups is 1. The minimum Gasteiger partial charge on any atom is -0.455 e. The van der Waals surface area contributed by atoms with Crippen molar-refractivity contribution in [3.63, 3.8) is 0 Å². The Bertz CT molecular complexity index is 2170. The van der Waals surface area contributed by atoms with Crippen molar-refractivity contribution in [3.05, 3.63) is 139 Å². The molecule has 1 aromatic heterocycles. The van der Waals surface area contributed by atoms with Crippen LogP contribution in [0.15, 0.2) is 138 Å². The quantitative estimate of drug-likeness (QED) is 0.164. The van der Waals surface area contributed by atoms with Crippen molar-refractivity contribution in [2.45, 2.75) is 20.3 Å². The van der Waals surface area contributed by atoms with Gasteiger partial charge in [0.25, 0.3) is 0 Å². The summed E-state index contributed by atoms with van der Waals surface area (Å²) in [7, 11) is 0. The van der Waals surface area contributed by atoms with Crippen molar-refractivity contribution < 1.29 is 15.0 Å². The minimum absolute atomic E-state index is 0. The zero-order valence-electron chi connectivity index (χ0n) is 25.0. The molecule has 1 aliphatic rings. The minimum atomic E-state index is 0. The first-order valence-electron chi connectivity index (χ1n) is 15.2. The molecule has 1 unspecified atom stereocenters. The third kappa shape index (κ3) is 4.71. The first-order chi connectivity index (χ1) is 21.3. The number of rotatable bonds is 5. The van der Waals surface area contributed by atoms with E-state index in [9.17, 15) is 5.11 Å². The molecule has 1 atom stereocenters. The van der Waals surface area contributed by atoms with Crippen molar-refractivity contribution in [1.82, 2.24) is 0 Å². The Hall–Kier alpha value is -4.96. The Morgan fingerprint density at radius 3 is 2.05 bits per heavy atom. The van der Waals surface area contributed by atoms with Crippen LogP contribution in [0.1, 0.15) is 25.8 Å². The zero-order valence-corrected chi connectivity index (χ0v) is 25.0. The van der Waals surface area contributed by atoms with Crippen molar-refractivity contribution in [2.24, 2.45) is 5.92 Å². The second-order valence-electron chi connectivity index (χ2n) is 10.8. The van der Waals surface area contributed by atoms with Crippen LogP contribution in [0, 0.1) is 5.92 Å². The lowest BCUT2D eigenvalue weighted by atomic mass is 9.75. The van der Waals surface area contributed by atoms with E-state index in [1.54, 1.807) is 0 Å². The summed E-state index contributed by atoms with van der Waals surface area (Å²) in [5.74, 6) is 0.291. The molecule has 8 rings (SSSR count). The highest BCUT2D eigenvalue weighted by molar-refractivity contribution is 6.20. The highest BCUT2D eigenvalue weighted by Crippen LogP contribution is 2.48. The molecule has 0 saturated heterocycles. The van der Waals surface area contributed by atoms with Gasteiger partial charge in [0.1, 0.15) is 11.2 Å². The third-order valence-electron chi connectivity index (χ3n) is 8.56. The average Bonchev–Trinajstić information content (AvgIpc) is 3.44. The largest absolute Gasteiger partial charge is 0.455 e. The molecule has 1 aliphatic carbocycles. The van der Waals surface area contributed by atoms with E-state index in [1.165, 1.54) is 43.8 Å². The van der Waals surface area contributed by atoms with Crippen LogP contribution in [0.3, 0.4) is 0 Å². The van der Waals surface area contributed by atoms with Gasteiger partial charge in [0, 0.05) is 22.3 Å². The molecule has 0 bridgehead atoms. The smallest absolute Gasteiger partial charge is 0.143 e. The van der Waals surface area contributed by atoms with Crippen molar-refractivity contribution >= 4 is 49.1 Å². The van der Waals surface area contributed by atoms with Gasteiger partial charge in [0.2, 0.25) is 0 Å². The fraction of sp³-hybridized carbons (Fsp3) is 0.122. The predicted octanol–water partition coefficient (Wildman–Crippen LogP) is 10.4. The molecule has 0 spiro atoms. The van der Waals surface area contributed by atoms with Gasteiger partial charge in [-0.05, 0) is 67.9 Å². The van der Waals surface area contributed by atoms with E-state index in [2.05, 4.69) is 115 Å². The van der Waals surface area contributed by atoms with Crippen LogP contribution in [0.5, 0.6) is 0 Å².